The zero-order chi connectivity index (χ0) is 8.48. The fourth-order valence-corrected chi connectivity index (χ4v) is 1.27. The summed E-state index contributed by atoms with van der Waals surface area (Å²) in [4.78, 5) is 10.9. The van der Waals surface area contributed by atoms with Crippen LogP contribution in [0.1, 0.15) is 33.1 Å². The first kappa shape index (κ1) is 8.47. The number of hydrogen-bond donors (Lipinski definition) is 1. The highest BCUT2D eigenvalue weighted by Gasteiger charge is 2.32. The van der Waals surface area contributed by atoms with E-state index >= 15 is 0 Å². The van der Waals surface area contributed by atoms with Gasteiger partial charge in [-0.3, -0.25) is 4.79 Å². The fourth-order valence-electron chi connectivity index (χ4n) is 1.27. The molecule has 0 bridgehead atoms. The molecule has 0 amide bonds. The first-order chi connectivity index (χ1) is 5.04. The second-order valence-corrected chi connectivity index (χ2v) is 3.34. The Morgan fingerprint density at radius 2 is 2.36 bits per heavy atom. The van der Waals surface area contributed by atoms with Gasteiger partial charge in [-0.2, -0.15) is 0 Å². The predicted molar refractivity (Wildman–Crippen MR) is 43.2 cm³/mol. The predicted octanol–water partition coefficient (Wildman–Crippen LogP) is 1.44. The average Bonchev–Trinajstić information content (AvgIpc) is 1.95. The van der Waals surface area contributed by atoms with E-state index in [1.165, 1.54) is 12.5 Å². The number of carbonyl (C=O) groups excluding carboxylic acids is 1. The van der Waals surface area contributed by atoms with Crippen LogP contribution < -0.4 is 0 Å². The number of Topliss-reactive ketones (excluding diaryl/α,β-unsaturated/α-hetero) is 1. The minimum atomic E-state index is -1.06. The Morgan fingerprint density at radius 3 is 2.73 bits per heavy atom. The van der Waals surface area contributed by atoms with Crippen LogP contribution >= 0.6 is 0 Å². The van der Waals surface area contributed by atoms with Gasteiger partial charge in [-0.25, -0.2) is 0 Å². The van der Waals surface area contributed by atoms with Gasteiger partial charge in [0.25, 0.3) is 0 Å². The molecule has 1 aliphatic carbocycles. The number of rotatable bonds is 1. The number of hydrogen-bond acceptors (Lipinski definition) is 2. The van der Waals surface area contributed by atoms with Crippen LogP contribution in [0.15, 0.2) is 11.6 Å². The van der Waals surface area contributed by atoms with Crippen molar-refractivity contribution in [1.29, 1.82) is 0 Å². The summed E-state index contributed by atoms with van der Waals surface area (Å²) in [5.41, 5.74) is 0.218. The molecule has 1 rings (SSSR count). The Morgan fingerprint density at radius 1 is 1.73 bits per heavy atom. The lowest BCUT2D eigenvalue weighted by Crippen LogP contribution is -2.37. The molecular formula is C9H14O2. The minimum Gasteiger partial charge on any atom is -0.382 e. The average molecular weight is 154 g/mol. The molecule has 11 heavy (non-hydrogen) atoms. The van der Waals surface area contributed by atoms with Crippen molar-refractivity contribution in [2.24, 2.45) is 0 Å². The molecule has 1 N–H and O–H groups in total. The van der Waals surface area contributed by atoms with Crippen LogP contribution in [0.4, 0.5) is 0 Å². The maximum Gasteiger partial charge on any atom is 0.161 e. The summed E-state index contributed by atoms with van der Waals surface area (Å²) in [5.74, 6) is -0.110. The molecule has 0 aromatic carbocycles. The van der Waals surface area contributed by atoms with E-state index in [1.54, 1.807) is 0 Å². The van der Waals surface area contributed by atoms with Gasteiger partial charge in [0, 0.05) is 6.42 Å². The summed E-state index contributed by atoms with van der Waals surface area (Å²) in [6, 6.07) is 0. The lowest BCUT2D eigenvalue weighted by Gasteiger charge is -2.27. The summed E-state index contributed by atoms with van der Waals surface area (Å²) in [6.45, 7) is 3.48. The van der Waals surface area contributed by atoms with Crippen molar-refractivity contribution in [2.45, 2.75) is 38.7 Å². The van der Waals surface area contributed by atoms with Gasteiger partial charge >= 0.3 is 0 Å². The van der Waals surface area contributed by atoms with Crippen molar-refractivity contribution >= 4 is 5.78 Å². The Bertz CT molecular complexity index is 206. The zero-order valence-electron chi connectivity index (χ0n) is 7.05. The molecular weight excluding hydrogens is 140 g/mol. The molecule has 1 aliphatic rings. The van der Waals surface area contributed by atoms with E-state index in [0.29, 0.717) is 12.8 Å². The maximum atomic E-state index is 10.9. The Balaban J connectivity index is 2.71. The van der Waals surface area contributed by atoms with Gasteiger partial charge in [0.1, 0.15) is 5.60 Å². The Labute approximate surface area is 66.9 Å². The van der Waals surface area contributed by atoms with Crippen LogP contribution in [-0.2, 0) is 4.79 Å². The molecule has 1 atom stereocenters. The normalized spacial score (nSPS) is 31.4. The van der Waals surface area contributed by atoms with Gasteiger partial charge in [0.2, 0.25) is 0 Å². The minimum absolute atomic E-state index is 0.110. The smallest absolute Gasteiger partial charge is 0.161 e. The van der Waals surface area contributed by atoms with Crippen molar-refractivity contribution in [3.8, 4) is 0 Å². The van der Waals surface area contributed by atoms with Gasteiger partial charge in [-0.15, -0.1) is 0 Å². The standard InChI is InChI=1S/C9H14O2/c1-7-3-5-9(11,6-4-7)8(2)10/h3,11H,4-6H2,1-2H3/t9-/m1/s1. The fraction of sp³-hybridized carbons (Fsp3) is 0.667. The van der Waals surface area contributed by atoms with Crippen molar-refractivity contribution in [1.82, 2.24) is 0 Å². The molecule has 0 unspecified atom stereocenters. The SMILES string of the molecule is CC(=O)[C@@]1(O)CC=C(C)CC1. The molecule has 0 saturated carbocycles. The third-order valence-corrected chi connectivity index (χ3v) is 2.38. The zero-order valence-corrected chi connectivity index (χ0v) is 7.05. The third-order valence-electron chi connectivity index (χ3n) is 2.38. The second kappa shape index (κ2) is 2.78. The monoisotopic (exact) mass is 154 g/mol. The highest BCUT2D eigenvalue weighted by molar-refractivity contribution is 5.85. The van der Waals surface area contributed by atoms with Crippen molar-refractivity contribution in [3.05, 3.63) is 11.6 Å². The van der Waals surface area contributed by atoms with Crippen LogP contribution in [0.2, 0.25) is 0 Å². The van der Waals surface area contributed by atoms with E-state index in [1.807, 2.05) is 13.0 Å². The lowest BCUT2D eigenvalue weighted by atomic mass is 9.83. The quantitative estimate of drug-likeness (QED) is 0.580. The summed E-state index contributed by atoms with van der Waals surface area (Å²) < 4.78 is 0. The maximum absolute atomic E-state index is 10.9. The lowest BCUT2D eigenvalue weighted by molar-refractivity contribution is -0.135. The summed E-state index contributed by atoms with van der Waals surface area (Å²) in [7, 11) is 0. The molecule has 62 valence electrons. The van der Waals surface area contributed by atoms with Crippen LogP contribution in [0.25, 0.3) is 0 Å². The summed E-state index contributed by atoms with van der Waals surface area (Å²) in [5, 5.41) is 9.67. The van der Waals surface area contributed by atoms with Crippen LogP contribution in [0.5, 0.6) is 0 Å². The first-order valence-electron chi connectivity index (χ1n) is 3.94. The van der Waals surface area contributed by atoms with E-state index in [2.05, 4.69) is 0 Å². The van der Waals surface area contributed by atoms with E-state index < -0.39 is 5.60 Å². The molecule has 0 radical (unpaired) electrons. The second-order valence-electron chi connectivity index (χ2n) is 3.34. The van der Waals surface area contributed by atoms with Crippen molar-refractivity contribution in [2.75, 3.05) is 0 Å². The Hall–Kier alpha value is -0.630. The molecule has 0 aliphatic heterocycles. The number of aliphatic hydroxyl groups is 1. The number of allylic oxidation sites excluding steroid dienone is 1. The van der Waals surface area contributed by atoms with Crippen molar-refractivity contribution < 1.29 is 9.90 Å². The highest BCUT2D eigenvalue weighted by atomic mass is 16.3. The van der Waals surface area contributed by atoms with Crippen LogP contribution in [0.3, 0.4) is 0 Å². The van der Waals surface area contributed by atoms with E-state index in [0.717, 1.165) is 6.42 Å². The van der Waals surface area contributed by atoms with Gasteiger partial charge in [-0.1, -0.05) is 11.6 Å². The molecule has 0 heterocycles. The van der Waals surface area contributed by atoms with E-state index in [9.17, 15) is 9.90 Å². The van der Waals surface area contributed by atoms with Crippen molar-refractivity contribution in [3.63, 3.8) is 0 Å². The van der Waals surface area contributed by atoms with Gasteiger partial charge in [0.15, 0.2) is 5.78 Å². The molecule has 0 aromatic rings. The summed E-state index contributed by atoms with van der Waals surface area (Å²) in [6.07, 6.45) is 3.87. The largest absolute Gasteiger partial charge is 0.382 e. The van der Waals surface area contributed by atoms with Crippen LogP contribution in [0, 0.1) is 0 Å². The van der Waals surface area contributed by atoms with Gasteiger partial charge in [-0.05, 0) is 26.7 Å². The molecule has 0 saturated heterocycles. The molecule has 2 nitrogen and oxygen atoms in total. The Kier molecular flexibility index (Phi) is 2.14. The first-order valence-corrected chi connectivity index (χ1v) is 3.94. The van der Waals surface area contributed by atoms with Crippen LogP contribution in [-0.4, -0.2) is 16.5 Å². The van der Waals surface area contributed by atoms with Gasteiger partial charge in [0.05, 0.1) is 0 Å². The van der Waals surface area contributed by atoms with Gasteiger partial charge < -0.3 is 5.11 Å². The molecule has 2 heteroatoms. The molecule has 0 spiro atoms. The highest BCUT2D eigenvalue weighted by Crippen LogP contribution is 2.27. The molecule has 0 fully saturated rings. The topological polar surface area (TPSA) is 37.3 Å². The third kappa shape index (κ3) is 1.69. The van der Waals surface area contributed by atoms with E-state index in [-0.39, 0.29) is 5.78 Å². The number of carbonyl (C=O) groups is 1. The number of ketones is 1. The summed E-state index contributed by atoms with van der Waals surface area (Å²) >= 11 is 0. The molecule has 0 aromatic heterocycles. The van der Waals surface area contributed by atoms with E-state index in [4.69, 9.17) is 0 Å².